The fraction of sp³-hybridized carbons (Fsp3) is 0.529. The molecule has 4 heteroatoms. The van der Waals surface area contributed by atoms with Crippen molar-refractivity contribution in [2.45, 2.75) is 26.0 Å². The number of para-hydroxylation sites is 1. The van der Waals surface area contributed by atoms with Gasteiger partial charge >= 0.3 is 0 Å². The summed E-state index contributed by atoms with van der Waals surface area (Å²) in [6.45, 7) is 6.88. The molecule has 2 heterocycles. The second kappa shape index (κ2) is 6.60. The summed E-state index contributed by atoms with van der Waals surface area (Å²) in [6, 6.07) is 6.58. The third-order valence-electron chi connectivity index (χ3n) is 4.23. The quantitative estimate of drug-likeness (QED) is 0.885. The van der Waals surface area contributed by atoms with Gasteiger partial charge in [0.1, 0.15) is 0 Å². The molecule has 1 unspecified atom stereocenters. The van der Waals surface area contributed by atoms with E-state index >= 15 is 0 Å². The highest BCUT2D eigenvalue weighted by atomic mass is 16.5. The summed E-state index contributed by atoms with van der Waals surface area (Å²) in [5, 5.41) is 4.74. The molecule has 4 nitrogen and oxygen atoms in total. The van der Waals surface area contributed by atoms with Crippen molar-refractivity contribution in [1.29, 1.82) is 0 Å². The molecule has 0 spiro atoms. The van der Waals surface area contributed by atoms with E-state index in [9.17, 15) is 0 Å². The fourth-order valence-electron chi connectivity index (χ4n) is 3.14. The van der Waals surface area contributed by atoms with Gasteiger partial charge in [-0.05, 0) is 24.6 Å². The Balaban J connectivity index is 1.69. The number of hydrogen-bond donors (Lipinski definition) is 2. The third kappa shape index (κ3) is 3.28. The second-order valence-electron chi connectivity index (χ2n) is 5.90. The molecular weight excluding hydrogens is 262 g/mol. The molecule has 1 atom stereocenters. The lowest BCUT2D eigenvalue weighted by Gasteiger charge is -2.27. The Morgan fingerprint density at radius 2 is 2.24 bits per heavy atom. The van der Waals surface area contributed by atoms with Crippen LogP contribution in [0, 0.1) is 0 Å². The molecule has 21 heavy (non-hydrogen) atoms. The number of aromatic nitrogens is 1. The van der Waals surface area contributed by atoms with Crippen molar-refractivity contribution in [3.05, 3.63) is 35.5 Å². The molecule has 1 fully saturated rings. The maximum absolute atomic E-state index is 5.78. The number of likely N-dealkylation sites (N-methyl/N-ethyl adjacent to an activating group) is 1. The third-order valence-corrected chi connectivity index (χ3v) is 4.23. The topological polar surface area (TPSA) is 40.3 Å². The van der Waals surface area contributed by atoms with Gasteiger partial charge in [0.2, 0.25) is 0 Å². The number of nitrogens with one attached hydrogen (secondary N) is 2. The Morgan fingerprint density at radius 1 is 1.33 bits per heavy atom. The highest BCUT2D eigenvalue weighted by Gasteiger charge is 2.16. The average Bonchev–Trinajstić information content (AvgIpc) is 2.91. The normalized spacial score (nSPS) is 19.5. The zero-order valence-corrected chi connectivity index (χ0v) is 13.0. The molecule has 0 bridgehead atoms. The SMILES string of the molecule is CCc1cccc2c(CN(C)CC3CNCCO3)c[nH]c12. The minimum Gasteiger partial charge on any atom is -0.374 e. The predicted octanol–water partition coefficient (Wildman–Crippen LogP) is 2.15. The van der Waals surface area contributed by atoms with Crippen molar-refractivity contribution in [2.75, 3.05) is 33.3 Å². The number of benzene rings is 1. The van der Waals surface area contributed by atoms with Crippen molar-refractivity contribution in [3.63, 3.8) is 0 Å². The molecule has 1 aromatic heterocycles. The number of H-pyrrole nitrogens is 1. The van der Waals surface area contributed by atoms with E-state index in [1.807, 2.05) is 0 Å². The van der Waals surface area contributed by atoms with Gasteiger partial charge in [-0.2, -0.15) is 0 Å². The van der Waals surface area contributed by atoms with Crippen molar-refractivity contribution in [1.82, 2.24) is 15.2 Å². The molecule has 0 radical (unpaired) electrons. The standard InChI is InChI=1S/C17H25N3O/c1-3-13-5-4-6-16-14(9-19-17(13)16)11-20(2)12-15-10-18-7-8-21-15/h4-6,9,15,18-19H,3,7-8,10-12H2,1-2H3. The van der Waals surface area contributed by atoms with Gasteiger partial charge in [0, 0.05) is 43.3 Å². The summed E-state index contributed by atoms with van der Waals surface area (Å²) in [5.41, 5.74) is 4.05. The summed E-state index contributed by atoms with van der Waals surface area (Å²) >= 11 is 0. The first-order chi connectivity index (χ1) is 10.3. The van der Waals surface area contributed by atoms with Crippen molar-refractivity contribution < 1.29 is 4.74 Å². The molecule has 1 aliphatic rings. The van der Waals surface area contributed by atoms with E-state index in [2.05, 4.69) is 53.6 Å². The van der Waals surface area contributed by atoms with E-state index in [4.69, 9.17) is 4.74 Å². The predicted molar refractivity (Wildman–Crippen MR) is 86.6 cm³/mol. The molecule has 0 saturated carbocycles. The number of morpholine rings is 1. The lowest BCUT2D eigenvalue weighted by Crippen LogP contribution is -2.44. The lowest BCUT2D eigenvalue weighted by molar-refractivity contribution is 0.00890. The number of ether oxygens (including phenoxy) is 1. The minimum absolute atomic E-state index is 0.306. The largest absolute Gasteiger partial charge is 0.374 e. The molecule has 1 aliphatic heterocycles. The number of aryl methyl sites for hydroxylation is 1. The Morgan fingerprint density at radius 3 is 3.00 bits per heavy atom. The summed E-state index contributed by atoms with van der Waals surface area (Å²) in [6.07, 6.45) is 3.52. The zero-order valence-electron chi connectivity index (χ0n) is 13.0. The first-order valence-electron chi connectivity index (χ1n) is 7.86. The molecule has 0 aliphatic carbocycles. The van der Waals surface area contributed by atoms with E-state index in [1.54, 1.807) is 0 Å². The van der Waals surface area contributed by atoms with Crippen molar-refractivity contribution in [3.8, 4) is 0 Å². The van der Waals surface area contributed by atoms with Crippen LogP contribution in [0.1, 0.15) is 18.1 Å². The first kappa shape index (κ1) is 14.6. The van der Waals surface area contributed by atoms with Crippen LogP contribution in [-0.4, -0.2) is 49.3 Å². The Hall–Kier alpha value is -1.36. The molecule has 1 aromatic carbocycles. The number of fused-ring (bicyclic) bond motifs is 1. The van der Waals surface area contributed by atoms with E-state index in [-0.39, 0.29) is 0 Å². The Bertz CT molecular complexity index is 587. The monoisotopic (exact) mass is 287 g/mol. The van der Waals surface area contributed by atoms with Gasteiger partial charge in [-0.3, -0.25) is 4.90 Å². The molecule has 2 aromatic rings. The van der Waals surface area contributed by atoms with Crippen LogP contribution in [0.15, 0.2) is 24.4 Å². The van der Waals surface area contributed by atoms with Crippen LogP contribution in [0.3, 0.4) is 0 Å². The fourth-order valence-corrected chi connectivity index (χ4v) is 3.14. The zero-order chi connectivity index (χ0) is 14.7. The summed E-state index contributed by atoms with van der Waals surface area (Å²) < 4.78 is 5.78. The van der Waals surface area contributed by atoms with Crippen molar-refractivity contribution >= 4 is 10.9 Å². The number of nitrogens with zero attached hydrogens (tertiary/aromatic N) is 1. The van der Waals surface area contributed by atoms with Gasteiger partial charge in [0.05, 0.1) is 12.7 Å². The Labute approximate surface area is 126 Å². The molecular formula is C17H25N3O. The van der Waals surface area contributed by atoms with Crippen LogP contribution in [0.25, 0.3) is 10.9 Å². The lowest BCUT2D eigenvalue weighted by atomic mass is 10.1. The van der Waals surface area contributed by atoms with Gasteiger partial charge in [0.15, 0.2) is 0 Å². The highest BCUT2D eigenvalue weighted by Crippen LogP contribution is 2.23. The van der Waals surface area contributed by atoms with Gasteiger partial charge in [-0.15, -0.1) is 0 Å². The van der Waals surface area contributed by atoms with Crippen molar-refractivity contribution in [2.24, 2.45) is 0 Å². The Kier molecular flexibility index (Phi) is 4.58. The molecule has 3 rings (SSSR count). The van der Waals surface area contributed by atoms with Crippen LogP contribution in [0.2, 0.25) is 0 Å². The minimum atomic E-state index is 0.306. The van der Waals surface area contributed by atoms with Crippen LogP contribution in [0.5, 0.6) is 0 Å². The maximum atomic E-state index is 5.78. The summed E-state index contributed by atoms with van der Waals surface area (Å²) in [4.78, 5) is 5.79. The summed E-state index contributed by atoms with van der Waals surface area (Å²) in [5.74, 6) is 0. The molecule has 2 N–H and O–H groups in total. The number of aromatic amines is 1. The highest BCUT2D eigenvalue weighted by molar-refractivity contribution is 5.86. The van der Waals surface area contributed by atoms with Crippen LogP contribution in [0.4, 0.5) is 0 Å². The molecule has 1 saturated heterocycles. The van der Waals surface area contributed by atoms with Crippen LogP contribution < -0.4 is 5.32 Å². The maximum Gasteiger partial charge on any atom is 0.0826 e. The van der Waals surface area contributed by atoms with Gasteiger partial charge in [-0.1, -0.05) is 25.1 Å². The second-order valence-corrected chi connectivity index (χ2v) is 5.90. The smallest absolute Gasteiger partial charge is 0.0826 e. The van der Waals surface area contributed by atoms with Crippen LogP contribution in [-0.2, 0) is 17.7 Å². The van der Waals surface area contributed by atoms with E-state index in [1.165, 1.54) is 22.0 Å². The van der Waals surface area contributed by atoms with Gasteiger partial charge in [-0.25, -0.2) is 0 Å². The van der Waals surface area contributed by atoms with Crippen LogP contribution >= 0.6 is 0 Å². The molecule has 114 valence electrons. The number of rotatable bonds is 5. The van der Waals surface area contributed by atoms with E-state index in [0.29, 0.717) is 6.10 Å². The summed E-state index contributed by atoms with van der Waals surface area (Å²) in [7, 11) is 2.17. The number of hydrogen-bond acceptors (Lipinski definition) is 3. The van der Waals surface area contributed by atoms with E-state index < -0.39 is 0 Å². The van der Waals surface area contributed by atoms with Gasteiger partial charge < -0.3 is 15.0 Å². The average molecular weight is 287 g/mol. The van der Waals surface area contributed by atoms with Gasteiger partial charge in [0.25, 0.3) is 0 Å². The molecule has 0 amide bonds. The first-order valence-corrected chi connectivity index (χ1v) is 7.86. The van der Waals surface area contributed by atoms with E-state index in [0.717, 1.165) is 39.2 Å².